The average molecular weight is 430 g/mol. The maximum absolute atomic E-state index is 12.4. The predicted molar refractivity (Wildman–Crippen MR) is 98.0 cm³/mol. The van der Waals surface area contributed by atoms with Crippen molar-refractivity contribution >= 4 is 25.9 Å². The van der Waals surface area contributed by atoms with Gasteiger partial charge in [-0.15, -0.1) is 0 Å². The highest BCUT2D eigenvalue weighted by molar-refractivity contribution is 7.87. The van der Waals surface area contributed by atoms with Gasteiger partial charge in [0.25, 0.3) is 10.1 Å². The van der Waals surface area contributed by atoms with Crippen molar-refractivity contribution in [3.63, 3.8) is 0 Å². The van der Waals surface area contributed by atoms with Gasteiger partial charge in [0.2, 0.25) is 0 Å². The molecule has 0 bridgehead atoms. The van der Waals surface area contributed by atoms with Crippen LogP contribution >= 0.6 is 0 Å². The van der Waals surface area contributed by atoms with Gasteiger partial charge < -0.3 is 9.50 Å². The van der Waals surface area contributed by atoms with E-state index in [-0.39, 0.29) is 10.6 Å². The maximum atomic E-state index is 12.4. The standard InChI is InChI=1S/C17H10N4O6S2/c18-9-12(10-19)16(11-20)21-15-8-14(28(22,23)24)6-7-17(15)27-29(25,26)13-4-2-1-3-5-13/h1-8,21H,(H,22,23,24). The van der Waals surface area contributed by atoms with Gasteiger partial charge in [0.05, 0.1) is 10.6 Å². The molecule has 0 aliphatic rings. The van der Waals surface area contributed by atoms with Gasteiger partial charge >= 0.3 is 10.1 Å². The summed E-state index contributed by atoms with van der Waals surface area (Å²) in [4.78, 5) is -0.840. The molecule has 0 saturated heterocycles. The predicted octanol–water partition coefficient (Wildman–Crippen LogP) is 1.94. The number of anilines is 1. The summed E-state index contributed by atoms with van der Waals surface area (Å²) in [6.07, 6.45) is 0. The molecule has 0 fully saturated rings. The Hall–Kier alpha value is -3.89. The van der Waals surface area contributed by atoms with Crippen LogP contribution in [0.25, 0.3) is 0 Å². The smallest absolute Gasteiger partial charge is 0.339 e. The molecule has 2 rings (SSSR count). The Balaban J connectivity index is 2.62. The van der Waals surface area contributed by atoms with Gasteiger partial charge in [-0.2, -0.15) is 32.6 Å². The number of hydrogen-bond acceptors (Lipinski definition) is 9. The van der Waals surface area contributed by atoms with E-state index in [0.717, 1.165) is 18.2 Å². The van der Waals surface area contributed by atoms with Crippen LogP contribution in [0.2, 0.25) is 0 Å². The Labute approximate surface area is 166 Å². The molecular weight excluding hydrogens is 420 g/mol. The molecule has 0 aliphatic heterocycles. The van der Waals surface area contributed by atoms with Gasteiger partial charge in [0.1, 0.15) is 28.8 Å². The summed E-state index contributed by atoms with van der Waals surface area (Å²) in [6.45, 7) is 0. The summed E-state index contributed by atoms with van der Waals surface area (Å²) in [5.41, 5.74) is -1.61. The molecular formula is C17H10N4O6S2. The molecule has 0 spiro atoms. The van der Waals surface area contributed by atoms with Crippen molar-refractivity contribution in [2.45, 2.75) is 9.79 Å². The number of hydrogen-bond donors (Lipinski definition) is 2. The van der Waals surface area contributed by atoms with Gasteiger partial charge in [-0.1, -0.05) is 18.2 Å². The maximum Gasteiger partial charge on any atom is 0.339 e. The van der Waals surface area contributed by atoms with Crippen molar-refractivity contribution in [1.29, 1.82) is 15.8 Å². The first-order valence-corrected chi connectivity index (χ1v) is 10.3. The second-order valence-electron chi connectivity index (χ2n) is 5.19. The van der Waals surface area contributed by atoms with Crippen LogP contribution < -0.4 is 9.50 Å². The summed E-state index contributed by atoms with van der Waals surface area (Å²) < 4.78 is 61.9. The van der Waals surface area contributed by atoms with Gasteiger partial charge in [-0.3, -0.25) is 4.55 Å². The normalized spacial score (nSPS) is 10.7. The molecule has 0 heterocycles. The molecule has 2 aromatic rings. The fourth-order valence-electron chi connectivity index (χ4n) is 2.01. The van der Waals surface area contributed by atoms with Crippen LogP contribution in [-0.2, 0) is 20.2 Å². The van der Waals surface area contributed by atoms with E-state index in [1.54, 1.807) is 6.07 Å². The van der Waals surface area contributed by atoms with Crippen molar-refractivity contribution in [2.24, 2.45) is 0 Å². The molecule has 0 aromatic heterocycles. The molecule has 0 unspecified atom stereocenters. The molecule has 0 aliphatic carbocycles. The molecule has 146 valence electrons. The zero-order valence-electron chi connectivity index (χ0n) is 14.3. The van der Waals surface area contributed by atoms with Crippen LogP contribution in [0.5, 0.6) is 5.75 Å². The highest BCUT2D eigenvalue weighted by Crippen LogP contribution is 2.31. The first-order valence-electron chi connectivity index (χ1n) is 7.45. The number of nitrogens with one attached hydrogen (secondary N) is 1. The minimum Gasteiger partial charge on any atom is -0.377 e. The largest absolute Gasteiger partial charge is 0.377 e. The molecule has 0 atom stereocenters. The Kier molecular flexibility index (Phi) is 6.22. The van der Waals surface area contributed by atoms with E-state index in [1.807, 2.05) is 0 Å². The second-order valence-corrected chi connectivity index (χ2v) is 8.16. The summed E-state index contributed by atoms with van der Waals surface area (Å²) >= 11 is 0. The van der Waals surface area contributed by atoms with Crippen molar-refractivity contribution in [3.05, 3.63) is 59.8 Å². The molecule has 0 radical (unpaired) electrons. The minimum atomic E-state index is -4.69. The lowest BCUT2D eigenvalue weighted by Gasteiger charge is -2.13. The monoisotopic (exact) mass is 430 g/mol. The Morgan fingerprint density at radius 1 is 0.897 bits per heavy atom. The topological polar surface area (TPSA) is 181 Å². The fourth-order valence-corrected chi connectivity index (χ4v) is 3.49. The third kappa shape index (κ3) is 5.09. The molecule has 0 amide bonds. The fraction of sp³-hybridized carbons (Fsp3) is 0. The van der Waals surface area contributed by atoms with Crippen LogP contribution in [0.1, 0.15) is 0 Å². The number of nitriles is 3. The number of benzene rings is 2. The average Bonchev–Trinajstić information content (AvgIpc) is 2.68. The Morgan fingerprint density at radius 2 is 1.52 bits per heavy atom. The van der Waals surface area contributed by atoms with E-state index in [0.29, 0.717) is 0 Å². The van der Waals surface area contributed by atoms with Crippen LogP contribution in [0.15, 0.2) is 69.6 Å². The highest BCUT2D eigenvalue weighted by Gasteiger charge is 2.21. The number of rotatable bonds is 6. The molecule has 2 aromatic carbocycles. The van der Waals surface area contributed by atoms with Gasteiger partial charge in [0.15, 0.2) is 11.3 Å². The van der Waals surface area contributed by atoms with Crippen molar-refractivity contribution in [3.8, 4) is 24.0 Å². The summed E-state index contributed by atoms with van der Waals surface area (Å²) in [7, 11) is -9.02. The van der Waals surface area contributed by atoms with E-state index in [4.69, 9.17) is 20.0 Å². The van der Waals surface area contributed by atoms with Crippen LogP contribution in [0, 0.1) is 34.0 Å². The zero-order valence-corrected chi connectivity index (χ0v) is 15.9. The van der Waals surface area contributed by atoms with E-state index < -0.39 is 42.2 Å². The lowest BCUT2D eigenvalue weighted by atomic mass is 10.2. The van der Waals surface area contributed by atoms with Crippen molar-refractivity contribution < 1.29 is 25.6 Å². The zero-order chi connectivity index (χ0) is 21.7. The van der Waals surface area contributed by atoms with E-state index in [1.165, 1.54) is 42.5 Å². The van der Waals surface area contributed by atoms with E-state index in [2.05, 4.69) is 5.32 Å². The third-order valence-electron chi connectivity index (χ3n) is 3.33. The summed E-state index contributed by atoms with van der Waals surface area (Å²) in [5.74, 6) is -0.441. The van der Waals surface area contributed by atoms with Crippen molar-refractivity contribution in [2.75, 3.05) is 5.32 Å². The first-order chi connectivity index (χ1) is 13.6. The van der Waals surface area contributed by atoms with Gasteiger partial charge in [-0.05, 0) is 30.3 Å². The summed E-state index contributed by atoms with van der Waals surface area (Å²) in [5, 5.41) is 29.3. The molecule has 12 heteroatoms. The quantitative estimate of drug-likeness (QED) is 0.390. The minimum absolute atomic E-state index is 0.199. The van der Waals surface area contributed by atoms with Crippen molar-refractivity contribution in [1.82, 2.24) is 0 Å². The van der Waals surface area contributed by atoms with Crippen LogP contribution in [-0.4, -0.2) is 21.4 Å². The first kappa shape index (κ1) is 21.4. The highest BCUT2D eigenvalue weighted by atomic mass is 32.2. The van der Waals surface area contributed by atoms with Gasteiger partial charge in [-0.25, -0.2) is 0 Å². The molecule has 10 nitrogen and oxygen atoms in total. The van der Waals surface area contributed by atoms with Crippen LogP contribution in [0.3, 0.4) is 0 Å². The summed E-state index contributed by atoms with van der Waals surface area (Å²) in [6, 6.07) is 14.1. The molecule has 0 saturated carbocycles. The Bertz CT molecular complexity index is 1300. The lowest BCUT2D eigenvalue weighted by molar-refractivity contribution is 0.482. The number of allylic oxidation sites excluding steroid dienone is 2. The van der Waals surface area contributed by atoms with Gasteiger partial charge in [0, 0.05) is 0 Å². The van der Waals surface area contributed by atoms with E-state index in [9.17, 15) is 21.4 Å². The number of nitrogens with zero attached hydrogens (tertiary/aromatic N) is 3. The lowest BCUT2D eigenvalue weighted by Crippen LogP contribution is -2.12. The SMILES string of the molecule is N#CC(C#N)=C(C#N)Nc1cc(S(=O)(=O)O)ccc1OS(=O)(=O)c1ccccc1. The molecule has 2 N–H and O–H groups in total. The molecule has 29 heavy (non-hydrogen) atoms. The second kappa shape index (κ2) is 8.42. The van der Waals surface area contributed by atoms with Crippen LogP contribution in [0.4, 0.5) is 5.69 Å². The van der Waals surface area contributed by atoms with E-state index >= 15 is 0 Å². The Morgan fingerprint density at radius 3 is 2.03 bits per heavy atom. The third-order valence-corrected chi connectivity index (χ3v) is 5.42.